The van der Waals surface area contributed by atoms with Crippen LogP contribution in [0.3, 0.4) is 0 Å². The molecule has 0 bridgehead atoms. The molecule has 120 valence electrons. The largest absolute Gasteiger partial charge is 0.481 e. The third kappa shape index (κ3) is 3.29. The van der Waals surface area contributed by atoms with Gasteiger partial charge in [-0.15, -0.1) is 0 Å². The van der Waals surface area contributed by atoms with Crippen LogP contribution in [0.2, 0.25) is 0 Å². The van der Waals surface area contributed by atoms with Gasteiger partial charge in [-0.3, -0.25) is 14.2 Å². The fourth-order valence-corrected chi connectivity index (χ4v) is 3.06. The van der Waals surface area contributed by atoms with Crippen molar-refractivity contribution in [2.75, 3.05) is 18.0 Å². The standard InChI is InChI=1S/C16H16BrN3O3/c17-12-3-5-13(6-4-12)20-9-7-18-14(15(20)21)19-8-1-2-11(10-19)16(22)23/h3-7,9,11H,1-2,8,10H2,(H,22,23). The summed E-state index contributed by atoms with van der Waals surface area (Å²) in [6, 6.07) is 7.41. The number of carboxylic acid groups (broad SMARTS) is 1. The highest BCUT2D eigenvalue weighted by Crippen LogP contribution is 2.20. The lowest BCUT2D eigenvalue weighted by atomic mass is 9.98. The third-order valence-corrected chi connectivity index (χ3v) is 4.53. The van der Waals surface area contributed by atoms with Gasteiger partial charge in [-0.2, -0.15) is 0 Å². The van der Waals surface area contributed by atoms with Gasteiger partial charge in [0.1, 0.15) is 0 Å². The monoisotopic (exact) mass is 377 g/mol. The molecule has 1 unspecified atom stereocenters. The number of nitrogens with zero attached hydrogens (tertiary/aromatic N) is 3. The molecule has 0 amide bonds. The minimum Gasteiger partial charge on any atom is -0.481 e. The zero-order valence-electron chi connectivity index (χ0n) is 12.4. The zero-order chi connectivity index (χ0) is 16.4. The molecule has 1 N–H and O–H groups in total. The van der Waals surface area contributed by atoms with E-state index in [2.05, 4.69) is 20.9 Å². The Labute approximate surface area is 141 Å². The van der Waals surface area contributed by atoms with Gasteiger partial charge >= 0.3 is 5.97 Å². The second kappa shape index (κ2) is 6.54. The van der Waals surface area contributed by atoms with E-state index in [4.69, 9.17) is 0 Å². The van der Waals surface area contributed by atoms with Crippen LogP contribution in [0.1, 0.15) is 12.8 Å². The smallest absolute Gasteiger partial charge is 0.308 e. The number of hydrogen-bond acceptors (Lipinski definition) is 4. The fraction of sp³-hybridized carbons (Fsp3) is 0.312. The first-order valence-electron chi connectivity index (χ1n) is 7.37. The van der Waals surface area contributed by atoms with Crippen LogP contribution < -0.4 is 10.5 Å². The molecule has 0 spiro atoms. The van der Waals surface area contributed by atoms with E-state index in [1.54, 1.807) is 17.3 Å². The summed E-state index contributed by atoms with van der Waals surface area (Å²) >= 11 is 3.37. The van der Waals surface area contributed by atoms with Crippen LogP contribution in [0.15, 0.2) is 45.9 Å². The van der Waals surface area contributed by atoms with Gasteiger partial charge in [0.05, 0.1) is 5.92 Å². The van der Waals surface area contributed by atoms with E-state index in [-0.39, 0.29) is 5.56 Å². The number of benzene rings is 1. The second-order valence-corrected chi connectivity index (χ2v) is 6.44. The first kappa shape index (κ1) is 15.7. The number of aliphatic carboxylic acids is 1. The van der Waals surface area contributed by atoms with Crippen molar-refractivity contribution in [3.8, 4) is 5.69 Å². The molecule has 0 saturated carbocycles. The van der Waals surface area contributed by atoms with E-state index in [1.165, 1.54) is 4.57 Å². The molecule has 7 heteroatoms. The SMILES string of the molecule is O=C(O)C1CCCN(c2nccn(-c3ccc(Br)cc3)c2=O)C1. The Bertz CT molecular complexity index is 773. The highest BCUT2D eigenvalue weighted by Gasteiger charge is 2.27. The number of carbonyl (C=O) groups is 1. The van der Waals surface area contributed by atoms with Gasteiger partial charge in [0, 0.05) is 35.6 Å². The maximum Gasteiger partial charge on any atom is 0.308 e. The van der Waals surface area contributed by atoms with Crippen molar-refractivity contribution >= 4 is 27.7 Å². The molecule has 1 saturated heterocycles. The van der Waals surface area contributed by atoms with Gasteiger partial charge in [-0.05, 0) is 37.1 Å². The zero-order valence-corrected chi connectivity index (χ0v) is 13.9. The molecule has 1 aromatic carbocycles. The van der Waals surface area contributed by atoms with Gasteiger partial charge in [-0.1, -0.05) is 15.9 Å². The van der Waals surface area contributed by atoms with Gasteiger partial charge in [0.2, 0.25) is 0 Å². The summed E-state index contributed by atoms with van der Waals surface area (Å²) in [6.07, 6.45) is 4.57. The number of rotatable bonds is 3. The molecular weight excluding hydrogens is 362 g/mol. The Morgan fingerprint density at radius 1 is 1.30 bits per heavy atom. The summed E-state index contributed by atoms with van der Waals surface area (Å²) in [7, 11) is 0. The number of aromatic nitrogens is 2. The molecule has 23 heavy (non-hydrogen) atoms. The molecule has 1 aliphatic rings. The van der Waals surface area contributed by atoms with Gasteiger partial charge < -0.3 is 10.0 Å². The minimum atomic E-state index is -0.820. The van der Waals surface area contributed by atoms with Crippen molar-refractivity contribution in [3.05, 3.63) is 51.5 Å². The van der Waals surface area contributed by atoms with Crippen molar-refractivity contribution in [3.63, 3.8) is 0 Å². The van der Waals surface area contributed by atoms with Crippen molar-refractivity contribution in [2.24, 2.45) is 5.92 Å². The normalized spacial score (nSPS) is 18.0. The molecule has 1 aromatic heterocycles. The summed E-state index contributed by atoms with van der Waals surface area (Å²) in [5, 5.41) is 9.20. The van der Waals surface area contributed by atoms with Crippen LogP contribution in [0.25, 0.3) is 5.69 Å². The number of carboxylic acids is 1. The molecule has 2 heterocycles. The average Bonchev–Trinajstić information content (AvgIpc) is 2.56. The molecule has 1 aliphatic heterocycles. The fourth-order valence-electron chi connectivity index (χ4n) is 2.79. The number of anilines is 1. The van der Waals surface area contributed by atoms with Crippen LogP contribution in [-0.2, 0) is 4.79 Å². The van der Waals surface area contributed by atoms with E-state index in [0.717, 1.165) is 16.6 Å². The van der Waals surface area contributed by atoms with Crippen molar-refractivity contribution < 1.29 is 9.90 Å². The van der Waals surface area contributed by atoms with E-state index in [1.807, 2.05) is 24.3 Å². The van der Waals surface area contributed by atoms with Crippen LogP contribution in [0.5, 0.6) is 0 Å². The van der Waals surface area contributed by atoms with Gasteiger partial charge in [0.15, 0.2) is 5.82 Å². The van der Waals surface area contributed by atoms with Crippen LogP contribution in [0.4, 0.5) is 5.82 Å². The van der Waals surface area contributed by atoms with Crippen molar-refractivity contribution in [1.82, 2.24) is 9.55 Å². The Kier molecular flexibility index (Phi) is 4.47. The second-order valence-electron chi connectivity index (χ2n) is 5.53. The maximum absolute atomic E-state index is 12.7. The molecule has 6 nitrogen and oxygen atoms in total. The van der Waals surface area contributed by atoms with Crippen LogP contribution in [-0.4, -0.2) is 33.7 Å². The lowest BCUT2D eigenvalue weighted by molar-refractivity contribution is -0.141. The first-order valence-corrected chi connectivity index (χ1v) is 8.17. The molecule has 0 radical (unpaired) electrons. The minimum absolute atomic E-state index is 0.235. The third-order valence-electron chi connectivity index (χ3n) is 4.00. The number of piperidine rings is 1. The lowest BCUT2D eigenvalue weighted by Gasteiger charge is -2.31. The topological polar surface area (TPSA) is 75.4 Å². The summed E-state index contributed by atoms with van der Waals surface area (Å²) in [4.78, 5) is 29.9. The maximum atomic E-state index is 12.7. The van der Waals surface area contributed by atoms with E-state index in [9.17, 15) is 14.7 Å². The molecule has 1 atom stereocenters. The summed E-state index contributed by atoms with van der Waals surface area (Å²) in [5.74, 6) is -0.966. The Hall–Kier alpha value is -2.15. The Morgan fingerprint density at radius 3 is 2.74 bits per heavy atom. The van der Waals surface area contributed by atoms with E-state index >= 15 is 0 Å². The van der Waals surface area contributed by atoms with Crippen LogP contribution >= 0.6 is 15.9 Å². The number of halogens is 1. The molecule has 1 fully saturated rings. The summed E-state index contributed by atoms with van der Waals surface area (Å²) in [6.45, 7) is 0.971. The van der Waals surface area contributed by atoms with E-state index < -0.39 is 11.9 Å². The average molecular weight is 378 g/mol. The molecule has 0 aliphatic carbocycles. The predicted molar refractivity (Wildman–Crippen MR) is 90.1 cm³/mol. The lowest BCUT2D eigenvalue weighted by Crippen LogP contribution is -2.42. The number of hydrogen-bond donors (Lipinski definition) is 1. The van der Waals surface area contributed by atoms with E-state index in [0.29, 0.717) is 25.3 Å². The van der Waals surface area contributed by atoms with Crippen LogP contribution in [0, 0.1) is 5.92 Å². The predicted octanol–water partition coefficient (Wildman–Crippen LogP) is 2.30. The van der Waals surface area contributed by atoms with Crippen molar-refractivity contribution in [1.29, 1.82) is 0 Å². The Morgan fingerprint density at radius 2 is 2.04 bits per heavy atom. The summed E-state index contributed by atoms with van der Waals surface area (Å²) in [5.41, 5.74) is 0.509. The Balaban J connectivity index is 1.95. The molecule has 2 aromatic rings. The summed E-state index contributed by atoms with van der Waals surface area (Å²) < 4.78 is 2.46. The quantitative estimate of drug-likeness (QED) is 0.887. The molecule has 3 rings (SSSR count). The highest BCUT2D eigenvalue weighted by atomic mass is 79.9. The van der Waals surface area contributed by atoms with Crippen molar-refractivity contribution in [2.45, 2.75) is 12.8 Å². The first-order chi connectivity index (χ1) is 11.1. The molecular formula is C16H16BrN3O3. The van der Waals surface area contributed by atoms with Gasteiger partial charge in [0.25, 0.3) is 5.56 Å². The van der Waals surface area contributed by atoms with Gasteiger partial charge in [-0.25, -0.2) is 4.98 Å². The highest BCUT2D eigenvalue weighted by molar-refractivity contribution is 9.10.